The molecule has 1 aliphatic rings. The molecule has 1 fully saturated rings. The Kier molecular flexibility index (Phi) is 8.38. The van der Waals surface area contributed by atoms with Gasteiger partial charge in [-0.05, 0) is 58.4 Å². The molecule has 0 radical (unpaired) electrons. The highest BCUT2D eigenvalue weighted by Gasteiger charge is 2.33. The SMILES string of the molecule is CCCNC(CCCC(C)C)C1CCN(C(=O)OC(C)(C)C)C1. The fourth-order valence-corrected chi connectivity index (χ4v) is 3.19. The summed E-state index contributed by atoms with van der Waals surface area (Å²) in [6.07, 6.45) is 5.85. The molecule has 23 heavy (non-hydrogen) atoms. The molecule has 2 atom stereocenters. The number of likely N-dealkylation sites (tertiary alicyclic amines) is 1. The molecule has 1 heterocycles. The van der Waals surface area contributed by atoms with Crippen molar-refractivity contribution in [2.45, 2.75) is 85.3 Å². The summed E-state index contributed by atoms with van der Waals surface area (Å²) in [5.41, 5.74) is -0.410. The minimum Gasteiger partial charge on any atom is -0.444 e. The van der Waals surface area contributed by atoms with Crippen molar-refractivity contribution >= 4 is 6.09 Å². The van der Waals surface area contributed by atoms with Crippen molar-refractivity contribution in [3.63, 3.8) is 0 Å². The molecule has 1 rings (SSSR count). The number of hydrogen-bond donors (Lipinski definition) is 1. The molecule has 136 valence electrons. The van der Waals surface area contributed by atoms with Crippen LogP contribution in [0.3, 0.4) is 0 Å². The fraction of sp³-hybridized carbons (Fsp3) is 0.947. The third-order valence-corrected chi connectivity index (χ3v) is 4.40. The zero-order valence-corrected chi connectivity index (χ0v) is 16.2. The van der Waals surface area contributed by atoms with E-state index in [1.807, 2.05) is 25.7 Å². The molecule has 4 heteroatoms. The zero-order chi connectivity index (χ0) is 17.5. The molecule has 0 spiro atoms. The van der Waals surface area contributed by atoms with Gasteiger partial charge in [0.2, 0.25) is 0 Å². The number of nitrogens with one attached hydrogen (secondary N) is 1. The molecule has 2 unspecified atom stereocenters. The molecule has 1 N–H and O–H groups in total. The Morgan fingerprint density at radius 2 is 2.00 bits per heavy atom. The van der Waals surface area contributed by atoms with E-state index in [9.17, 15) is 4.79 Å². The maximum atomic E-state index is 12.2. The van der Waals surface area contributed by atoms with Crippen LogP contribution in [0.2, 0.25) is 0 Å². The maximum Gasteiger partial charge on any atom is 0.410 e. The van der Waals surface area contributed by atoms with Gasteiger partial charge in [0.05, 0.1) is 0 Å². The predicted molar refractivity (Wildman–Crippen MR) is 96.7 cm³/mol. The molecule has 4 nitrogen and oxygen atoms in total. The Labute approximate surface area is 143 Å². The van der Waals surface area contributed by atoms with Gasteiger partial charge in [0.1, 0.15) is 5.60 Å². The van der Waals surface area contributed by atoms with Crippen molar-refractivity contribution in [3.8, 4) is 0 Å². The lowest BCUT2D eigenvalue weighted by molar-refractivity contribution is 0.0285. The van der Waals surface area contributed by atoms with E-state index >= 15 is 0 Å². The molecular formula is C19H38N2O2. The highest BCUT2D eigenvalue weighted by Crippen LogP contribution is 2.25. The van der Waals surface area contributed by atoms with Crippen molar-refractivity contribution in [2.24, 2.45) is 11.8 Å². The van der Waals surface area contributed by atoms with Crippen LogP contribution in [0.1, 0.15) is 73.6 Å². The number of amides is 1. The summed E-state index contributed by atoms with van der Waals surface area (Å²) in [6, 6.07) is 0.529. The second-order valence-corrected chi connectivity index (χ2v) is 8.36. The quantitative estimate of drug-likeness (QED) is 0.717. The fourth-order valence-electron chi connectivity index (χ4n) is 3.19. The van der Waals surface area contributed by atoms with E-state index in [0.717, 1.165) is 38.4 Å². The van der Waals surface area contributed by atoms with Crippen LogP contribution >= 0.6 is 0 Å². The average Bonchev–Trinajstić information content (AvgIpc) is 2.90. The Bertz CT molecular complexity index is 350. The Balaban J connectivity index is 2.51. The lowest BCUT2D eigenvalue weighted by atomic mass is 9.92. The van der Waals surface area contributed by atoms with Crippen molar-refractivity contribution in [1.29, 1.82) is 0 Å². The van der Waals surface area contributed by atoms with E-state index in [4.69, 9.17) is 4.74 Å². The van der Waals surface area contributed by atoms with Crippen LogP contribution in [0, 0.1) is 11.8 Å². The molecule has 0 aromatic rings. The Morgan fingerprint density at radius 3 is 2.57 bits per heavy atom. The highest BCUT2D eigenvalue weighted by atomic mass is 16.6. The number of hydrogen-bond acceptors (Lipinski definition) is 3. The summed E-state index contributed by atoms with van der Waals surface area (Å²) < 4.78 is 5.51. The summed E-state index contributed by atoms with van der Waals surface area (Å²) in [5, 5.41) is 3.71. The number of carbonyl (C=O) groups is 1. The molecular weight excluding hydrogens is 288 g/mol. The molecule has 1 saturated heterocycles. The summed E-state index contributed by atoms with van der Waals surface area (Å²) in [4.78, 5) is 14.1. The Hall–Kier alpha value is -0.770. The van der Waals surface area contributed by atoms with Crippen LogP contribution in [-0.4, -0.2) is 42.3 Å². The van der Waals surface area contributed by atoms with Crippen LogP contribution in [-0.2, 0) is 4.74 Å². The first-order valence-electron chi connectivity index (χ1n) is 9.44. The van der Waals surface area contributed by atoms with E-state index in [-0.39, 0.29) is 6.09 Å². The standard InChI is InChI=1S/C19H38N2O2/c1-7-12-20-17(10-8-9-15(2)3)16-11-13-21(14-16)18(22)23-19(4,5)6/h15-17,20H,7-14H2,1-6H3. The minimum atomic E-state index is -0.410. The lowest BCUT2D eigenvalue weighted by Crippen LogP contribution is -2.40. The monoisotopic (exact) mass is 326 g/mol. The number of rotatable bonds is 8. The minimum absolute atomic E-state index is 0.156. The molecule has 0 aliphatic carbocycles. The van der Waals surface area contributed by atoms with Gasteiger partial charge >= 0.3 is 6.09 Å². The topological polar surface area (TPSA) is 41.6 Å². The Morgan fingerprint density at radius 1 is 1.30 bits per heavy atom. The third kappa shape index (κ3) is 8.05. The normalized spacial score (nSPS) is 20.1. The molecule has 1 amide bonds. The van der Waals surface area contributed by atoms with Gasteiger partial charge in [-0.2, -0.15) is 0 Å². The van der Waals surface area contributed by atoms with Gasteiger partial charge in [0.25, 0.3) is 0 Å². The van der Waals surface area contributed by atoms with Gasteiger partial charge in [-0.1, -0.05) is 33.6 Å². The molecule has 1 aliphatic heterocycles. The maximum absolute atomic E-state index is 12.2. The van der Waals surface area contributed by atoms with Crippen molar-refractivity contribution in [2.75, 3.05) is 19.6 Å². The van der Waals surface area contributed by atoms with Crippen LogP contribution in [0.25, 0.3) is 0 Å². The van der Waals surface area contributed by atoms with Crippen molar-refractivity contribution < 1.29 is 9.53 Å². The predicted octanol–water partition coefficient (Wildman–Crippen LogP) is 4.44. The number of ether oxygens (including phenoxy) is 1. The van der Waals surface area contributed by atoms with Gasteiger partial charge in [0, 0.05) is 19.1 Å². The van der Waals surface area contributed by atoms with Gasteiger partial charge in [-0.3, -0.25) is 0 Å². The first-order chi connectivity index (χ1) is 10.7. The summed E-state index contributed by atoms with van der Waals surface area (Å²) in [6.45, 7) is 15.3. The van der Waals surface area contributed by atoms with Crippen LogP contribution in [0.4, 0.5) is 4.79 Å². The molecule has 0 aromatic heterocycles. The second kappa shape index (κ2) is 9.51. The summed E-state index contributed by atoms with van der Waals surface area (Å²) >= 11 is 0. The van der Waals surface area contributed by atoms with E-state index < -0.39 is 5.60 Å². The number of nitrogens with zero attached hydrogens (tertiary/aromatic N) is 1. The van der Waals surface area contributed by atoms with Gasteiger partial charge in [-0.15, -0.1) is 0 Å². The van der Waals surface area contributed by atoms with Crippen LogP contribution in [0.5, 0.6) is 0 Å². The zero-order valence-electron chi connectivity index (χ0n) is 16.2. The second-order valence-electron chi connectivity index (χ2n) is 8.36. The van der Waals surface area contributed by atoms with Crippen LogP contribution < -0.4 is 5.32 Å². The highest BCUT2D eigenvalue weighted by molar-refractivity contribution is 5.68. The number of carbonyl (C=O) groups excluding carboxylic acids is 1. The molecule has 0 bridgehead atoms. The van der Waals surface area contributed by atoms with Gasteiger partial charge in [-0.25, -0.2) is 4.79 Å². The summed E-state index contributed by atoms with van der Waals surface area (Å²) in [5.74, 6) is 1.32. The first kappa shape index (κ1) is 20.3. The van der Waals surface area contributed by atoms with Crippen molar-refractivity contribution in [1.82, 2.24) is 10.2 Å². The van der Waals surface area contributed by atoms with E-state index in [2.05, 4.69) is 26.1 Å². The summed E-state index contributed by atoms with van der Waals surface area (Å²) in [7, 11) is 0. The lowest BCUT2D eigenvalue weighted by Gasteiger charge is -2.27. The van der Waals surface area contributed by atoms with E-state index in [1.165, 1.54) is 19.3 Å². The third-order valence-electron chi connectivity index (χ3n) is 4.40. The van der Waals surface area contributed by atoms with E-state index in [0.29, 0.717) is 12.0 Å². The molecule has 0 aromatic carbocycles. The van der Waals surface area contributed by atoms with E-state index in [1.54, 1.807) is 0 Å². The first-order valence-corrected chi connectivity index (χ1v) is 9.44. The van der Waals surface area contributed by atoms with Crippen molar-refractivity contribution in [3.05, 3.63) is 0 Å². The smallest absolute Gasteiger partial charge is 0.410 e. The molecule has 0 saturated carbocycles. The average molecular weight is 327 g/mol. The largest absolute Gasteiger partial charge is 0.444 e. The van der Waals surface area contributed by atoms with Gasteiger partial charge < -0.3 is 15.0 Å². The van der Waals surface area contributed by atoms with Gasteiger partial charge in [0.15, 0.2) is 0 Å². The van der Waals surface area contributed by atoms with Crippen LogP contribution in [0.15, 0.2) is 0 Å².